The molecule has 0 aliphatic carbocycles. The zero-order valence-electron chi connectivity index (χ0n) is 12.0. The van der Waals surface area contributed by atoms with Gasteiger partial charge in [-0.05, 0) is 6.42 Å². The summed E-state index contributed by atoms with van der Waals surface area (Å²) in [6, 6.07) is 0.552. The van der Waals surface area contributed by atoms with Crippen molar-refractivity contribution in [1.29, 1.82) is 0 Å². The summed E-state index contributed by atoms with van der Waals surface area (Å²) in [4.78, 5) is 0. The highest BCUT2D eigenvalue weighted by Gasteiger charge is 2.04. The van der Waals surface area contributed by atoms with E-state index in [4.69, 9.17) is 0 Å². The maximum Gasteiger partial charge on any atom is 0.118 e. The monoisotopic (exact) mass is 269 g/mol. The number of nitrogens with zero attached hydrogens (tertiary/aromatic N) is 2. The third-order valence-electron chi connectivity index (χ3n) is 2.89. The molecule has 1 heterocycles. The van der Waals surface area contributed by atoms with E-state index in [-0.39, 0.29) is 0 Å². The van der Waals surface area contributed by atoms with Gasteiger partial charge in [0.2, 0.25) is 0 Å². The summed E-state index contributed by atoms with van der Waals surface area (Å²) in [5.74, 6) is 0. The number of aromatic nitrogens is 2. The van der Waals surface area contributed by atoms with Gasteiger partial charge in [0.1, 0.15) is 10.0 Å². The number of hydrogen-bond acceptors (Lipinski definition) is 4. The van der Waals surface area contributed by atoms with E-state index in [0.717, 1.165) is 19.4 Å². The molecule has 0 unspecified atom stereocenters. The molecule has 0 fully saturated rings. The number of nitrogens with one attached hydrogen (secondary N) is 1. The SMILES string of the molecule is CCCCCCCc1nnc(CCNC(C)C)s1. The fourth-order valence-corrected chi connectivity index (χ4v) is 2.72. The second-order valence-electron chi connectivity index (χ2n) is 5.11. The topological polar surface area (TPSA) is 37.8 Å². The molecule has 0 bridgehead atoms. The van der Waals surface area contributed by atoms with Gasteiger partial charge in [0.25, 0.3) is 0 Å². The first-order valence-corrected chi connectivity index (χ1v) is 8.08. The first-order valence-electron chi connectivity index (χ1n) is 7.27. The van der Waals surface area contributed by atoms with Crippen molar-refractivity contribution in [2.24, 2.45) is 0 Å². The third-order valence-corrected chi connectivity index (χ3v) is 3.94. The van der Waals surface area contributed by atoms with Crippen LogP contribution in [-0.2, 0) is 12.8 Å². The van der Waals surface area contributed by atoms with Gasteiger partial charge in [0.15, 0.2) is 0 Å². The zero-order chi connectivity index (χ0) is 13.2. The summed E-state index contributed by atoms with van der Waals surface area (Å²) in [6.07, 6.45) is 8.75. The van der Waals surface area contributed by atoms with Gasteiger partial charge >= 0.3 is 0 Å². The highest BCUT2D eigenvalue weighted by molar-refractivity contribution is 7.11. The van der Waals surface area contributed by atoms with Gasteiger partial charge < -0.3 is 5.32 Å². The third kappa shape index (κ3) is 7.07. The molecule has 0 aliphatic heterocycles. The van der Waals surface area contributed by atoms with Gasteiger partial charge in [-0.15, -0.1) is 21.5 Å². The van der Waals surface area contributed by atoms with Gasteiger partial charge in [-0.3, -0.25) is 0 Å². The van der Waals surface area contributed by atoms with Crippen LogP contribution in [-0.4, -0.2) is 22.8 Å². The molecule has 1 N–H and O–H groups in total. The molecule has 0 spiro atoms. The predicted octanol–water partition coefficient (Wildman–Crippen LogP) is 3.59. The number of hydrogen-bond donors (Lipinski definition) is 1. The lowest BCUT2D eigenvalue weighted by molar-refractivity contribution is 0.588. The molecule has 1 aromatic heterocycles. The Labute approximate surface area is 115 Å². The summed E-state index contributed by atoms with van der Waals surface area (Å²) < 4.78 is 0. The molecule has 1 rings (SSSR count). The van der Waals surface area contributed by atoms with Crippen molar-refractivity contribution >= 4 is 11.3 Å². The van der Waals surface area contributed by atoms with Crippen LogP contribution in [0.25, 0.3) is 0 Å². The molecule has 4 heteroatoms. The number of aryl methyl sites for hydroxylation is 1. The van der Waals surface area contributed by atoms with Gasteiger partial charge in [-0.1, -0.05) is 46.5 Å². The van der Waals surface area contributed by atoms with E-state index in [1.54, 1.807) is 11.3 Å². The largest absolute Gasteiger partial charge is 0.314 e. The Bertz CT molecular complexity index is 310. The molecule has 0 atom stereocenters. The minimum absolute atomic E-state index is 0.552. The van der Waals surface area contributed by atoms with Gasteiger partial charge in [0.05, 0.1) is 0 Å². The lowest BCUT2D eigenvalue weighted by Gasteiger charge is -2.05. The molecule has 0 saturated heterocycles. The standard InChI is InChI=1S/C14H27N3S/c1-4-5-6-7-8-9-13-16-17-14(18-13)10-11-15-12(2)3/h12,15H,4-11H2,1-3H3. The van der Waals surface area contributed by atoms with Crippen LogP contribution in [0.3, 0.4) is 0 Å². The van der Waals surface area contributed by atoms with E-state index in [1.165, 1.54) is 42.1 Å². The Balaban J connectivity index is 2.13. The van der Waals surface area contributed by atoms with Crippen LogP contribution < -0.4 is 5.32 Å². The fraction of sp³-hybridized carbons (Fsp3) is 0.857. The molecule has 3 nitrogen and oxygen atoms in total. The molecule has 1 aromatic rings. The summed E-state index contributed by atoms with van der Waals surface area (Å²) >= 11 is 1.79. The van der Waals surface area contributed by atoms with Crippen LogP contribution in [0.4, 0.5) is 0 Å². The average Bonchev–Trinajstić information content (AvgIpc) is 2.76. The van der Waals surface area contributed by atoms with Crippen molar-refractivity contribution in [3.63, 3.8) is 0 Å². The normalized spacial score (nSPS) is 11.3. The Morgan fingerprint density at radius 3 is 2.33 bits per heavy atom. The summed E-state index contributed by atoms with van der Waals surface area (Å²) in [5, 5.41) is 14.3. The molecule has 104 valence electrons. The van der Waals surface area contributed by atoms with Gasteiger partial charge in [0, 0.05) is 25.4 Å². The molecule has 18 heavy (non-hydrogen) atoms. The Morgan fingerprint density at radius 1 is 1.00 bits per heavy atom. The van der Waals surface area contributed by atoms with Crippen LogP contribution in [0.5, 0.6) is 0 Å². The minimum atomic E-state index is 0.552. The predicted molar refractivity (Wildman–Crippen MR) is 79.2 cm³/mol. The molecule has 0 amide bonds. The second kappa shape index (κ2) is 9.45. The minimum Gasteiger partial charge on any atom is -0.314 e. The number of rotatable bonds is 10. The van der Waals surface area contributed by atoms with Crippen LogP contribution in [0, 0.1) is 0 Å². The molecule has 0 aliphatic rings. The summed E-state index contributed by atoms with van der Waals surface area (Å²) in [7, 11) is 0. The molecular formula is C14H27N3S. The maximum atomic E-state index is 4.27. The molecule has 0 radical (unpaired) electrons. The van der Waals surface area contributed by atoms with Crippen molar-refractivity contribution in [2.75, 3.05) is 6.54 Å². The highest BCUT2D eigenvalue weighted by atomic mass is 32.1. The van der Waals surface area contributed by atoms with Crippen molar-refractivity contribution in [1.82, 2.24) is 15.5 Å². The van der Waals surface area contributed by atoms with E-state index >= 15 is 0 Å². The Kier molecular flexibility index (Phi) is 8.18. The lowest BCUT2D eigenvalue weighted by atomic mass is 10.1. The quantitative estimate of drug-likeness (QED) is 0.660. The van der Waals surface area contributed by atoms with Gasteiger partial charge in [-0.2, -0.15) is 0 Å². The molecular weight excluding hydrogens is 242 g/mol. The van der Waals surface area contributed by atoms with Crippen LogP contribution in [0.15, 0.2) is 0 Å². The van der Waals surface area contributed by atoms with Crippen LogP contribution in [0.2, 0.25) is 0 Å². The van der Waals surface area contributed by atoms with Gasteiger partial charge in [-0.25, -0.2) is 0 Å². The van der Waals surface area contributed by atoms with Crippen molar-refractivity contribution in [3.05, 3.63) is 10.0 Å². The average molecular weight is 269 g/mol. The lowest BCUT2D eigenvalue weighted by Crippen LogP contribution is -2.24. The molecule has 0 saturated carbocycles. The zero-order valence-corrected chi connectivity index (χ0v) is 12.9. The second-order valence-corrected chi connectivity index (χ2v) is 6.26. The highest BCUT2D eigenvalue weighted by Crippen LogP contribution is 2.14. The summed E-state index contributed by atoms with van der Waals surface area (Å²) in [6.45, 7) is 7.59. The van der Waals surface area contributed by atoms with Crippen molar-refractivity contribution < 1.29 is 0 Å². The van der Waals surface area contributed by atoms with Crippen molar-refractivity contribution in [2.45, 2.75) is 71.8 Å². The maximum absolute atomic E-state index is 4.27. The Hall–Kier alpha value is -0.480. The van der Waals surface area contributed by atoms with E-state index in [2.05, 4.69) is 36.3 Å². The Morgan fingerprint density at radius 2 is 1.67 bits per heavy atom. The van der Waals surface area contributed by atoms with Crippen molar-refractivity contribution in [3.8, 4) is 0 Å². The van der Waals surface area contributed by atoms with E-state index < -0.39 is 0 Å². The fourth-order valence-electron chi connectivity index (χ4n) is 1.84. The molecule has 0 aromatic carbocycles. The van der Waals surface area contributed by atoms with Crippen LogP contribution in [0.1, 0.15) is 62.9 Å². The van der Waals surface area contributed by atoms with E-state index in [1.807, 2.05) is 0 Å². The summed E-state index contributed by atoms with van der Waals surface area (Å²) in [5.41, 5.74) is 0. The first kappa shape index (κ1) is 15.6. The number of unbranched alkanes of at least 4 members (excludes halogenated alkanes) is 4. The first-order chi connectivity index (χ1) is 8.72. The van der Waals surface area contributed by atoms with E-state index in [0.29, 0.717) is 6.04 Å². The van der Waals surface area contributed by atoms with E-state index in [9.17, 15) is 0 Å². The van der Waals surface area contributed by atoms with Crippen LogP contribution >= 0.6 is 11.3 Å². The smallest absolute Gasteiger partial charge is 0.118 e.